The van der Waals surface area contributed by atoms with Crippen LogP contribution in [-0.4, -0.2) is 56.2 Å². The first kappa shape index (κ1) is 16.8. The Labute approximate surface area is 145 Å². The largest absolute Gasteiger partial charge is 0.324 e. The molecule has 1 aromatic carbocycles. The summed E-state index contributed by atoms with van der Waals surface area (Å²) in [5, 5.41) is 15.0. The predicted octanol–water partition coefficient (Wildman–Crippen LogP) is 2.48. The highest BCUT2D eigenvalue weighted by atomic mass is 32.2. The Balaban J connectivity index is 1.66. The maximum atomic E-state index is 12.5. The van der Waals surface area contributed by atoms with Gasteiger partial charge in [0.15, 0.2) is 0 Å². The number of aromatic nitrogens is 4. The van der Waals surface area contributed by atoms with Crippen molar-refractivity contribution in [2.45, 2.75) is 12.8 Å². The van der Waals surface area contributed by atoms with Crippen molar-refractivity contribution in [3.63, 3.8) is 0 Å². The average molecular weight is 346 g/mol. The molecule has 0 spiro atoms. The summed E-state index contributed by atoms with van der Waals surface area (Å²) in [4.78, 5) is 15.9. The molecule has 3 rings (SSSR count). The molecular formula is C16H22N6OS. The summed E-state index contributed by atoms with van der Waals surface area (Å²) >= 11 is 1.85. The van der Waals surface area contributed by atoms with Gasteiger partial charge in [-0.3, -0.25) is 0 Å². The van der Waals surface area contributed by atoms with Crippen LogP contribution in [0.25, 0.3) is 11.4 Å². The molecule has 0 aliphatic carbocycles. The van der Waals surface area contributed by atoms with Crippen LogP contribution in [0.1, 0.15) is 12.8 Å². The number of tetrazole rings is 1. The second-order valence-corrected chi connectivity index (χ2v) is 6.93. The lowest BCUT2D eigenvalue weighted by Gasteiger charge is -2.32. The fourth-order valence-electron chi connectivity index (χ4n) is 2.96. The van der Waals surface area contributed by atoms with Gasteiger partial charge >= 0.3 is 6.03 Å². The topological polar surface area (TPSA) is 75.9 Å². The molecule has 128 valence electrons. The molecule has 0 radical (unpaired) electrons. The highest BCUT2D eigenvalue weighted by Gasteiger charge is 2.23. The minimum absolute atomic E-state index is 0.0370. The van der Waals surface area contributed by atoms with E-state index >= 15 is 0 Å². The third-order valence-electron chi connectivity index (χ3n) is 4.09. The molecule has 1 saturated heterocycles. The number of nitrogens with one attached hydrogen (secondary N) is 1. The first-order valence-electron chi connectivity index (χ1n) is 8.05. The van der Waals surface area contributed by atoms with E-state index in [0.29, 0.717) is 11.7 Å². The number of hydrogen-bond donors (Lipinski definition) is 1. The molecular weight excluding hydrogens is 324 g/mol. The summed E-state index contributed by atoms with van der Waals surface area (Å²) in [5.74, 6) is 2.25. The number of aryl methyl sites for hydroxylation is 1. The number of carbonyl (C=O) groups excluding carboxylic acids is 1. The number of benzene rings is 1. The maximum absolute atomic E-state index is 12.5. The van der Waals surface area contributed by atoms with Crippen molar-refractivity contribution in [2.75, 3.05) is 30.4 Å². The fraction of sp³-hybridized carbons (Fsp3) is 0.500. The molecule has 2 heterocycles. The van der Waals surface area contributed by atoms with E-state index in [1.54, 1.807) is 7.05 Å². The van der Waals surface area contributed by atoms with Gasteiger partial charge < -0.3 is 10.2 Å². The van der Waals surface area contributed by atoms with Crippen molar-refractivity contribution in [2.24, 2.45) is 13.0 Å². The minimum Gasteiger partial charge on any atom is -0.324 e. The van der Waals surface area contributed by atoms with Crippen molar-refractivity contribution in [1.82, 2.24) is 25.1 Å². The zero-order valence-corrected chi connectivity index (χ0v) is 14.8. The highest BCUT2D eigenvalue weighted by molar-refractivity contribution is 7.98. The highest BCUT2D eigenvalue weighted by Crippen LogP contribution is 2.22. The Morgan fingerprint density at radius 1 is 1.46 bits per heavy atom. The van der Waals surface area contributed by atoms with Crippen molar-refractivity contribution in [1.29, 1.82) is 0 Å². The van der Waals surface area contributed by atoms with E-state index in [-0.39, 0.29) is 6.03 Å². The van der Waals surface area contributed by atoms with Crippen LogP contribution in [0.3, 0.4) is 0 Å². The van der Waals surface area contributed by atoms with E-state index in [0.717, 1.165) is 36.5 Å². The number of rotatable bonds is 4. The first-order chi connectivity index (χ1) is 11.7. The van der Waals surface area contributed by atoms with Crippen molar-refractivity contribution >= 4 is 23.5 Å². The number of likely N-dealkylation sites (tertiary alicyclic amines) is 1. The zero-order chi connectivity index (χ0) is 16.9. The van der Waals surface area contributed by atoms with Crippen LogP contribution >= 0.6 is 11.8 Å². The van der Waals surface area contributed by atoms with E-state index in [1.165, 1.54) is 11.2 Å². The number of nitrogens with zero attached hydrogens (tertiary/aromatic N) is 5. The Kier molecular flexibility index (Phi) is 5.34. The van der Waals surface area contributed by atoms with Crippen LogP contribution in [-0.2, 0) is 7.05 Å². The summed E-state index contributed by atoms with van der Waals surface area (Å²) in [7, 11) is 1.73. The lowest BCUT2D eigenvalue weighted by Crippen LogP contribution is -2.42. The number of urea groups is 1. The molecule has 24 heavy (non-hydrogen) atoms. The number of amides is 2. The van der Waals surface area contributed by atoms with Crippen molar-refractivity contribution in [3.8, 4) is 11.4 Å². The maximum Gasteiger partial charge on any atom is 0.321 e. The molecule has 1 aliphatic heterocycles. The Morgan fingerprint density at radius 2 is 2.33 bits per heavy atom. The molecule has 1 N–H and O–H groups in total. The fourth-order valence-corrected chi connectivity index (χ4v) is 3.70. The lowest BCUT2D eigenvalue weighted by molar-refractivity contribution is 0.183. The van der Waals surface area contributed by atoms with Gasteiger partial charge in [0, 0.05) is 24.3 Å². The molecule has 1 aromatic heterocycles. The summed E-state index contributed by atoms with van der Waals surface area (Å²) in [6.45, 7) is 1.65. The van der Waals surface area contributed by atoms with Gasteiger partial charge in [-0.15, -0.1) is 10.2 Å². The quantitative estimate of drug-likeness (QED) is 0.920. The van der Waals surface area contributed by atoms with Crippen LogP contribution in [0.2, 0.25) is 0 Å². The molecule has 7 nitrogen and oxygen atoms in total. The van der Waals surface area contributed by atoms with Crippen LogP contribution in [0.5, 0.6) is 0 Å². The molecule has 1 atom stereocenters. The lowest BCUT2D eigenvalue weighted by atomic mass is 10.0. The van der Waals surface area contributed by atoms with Gasteiger partial charge in [-0.25, -0.2) is 4.79 Å². The van der Waals surface area contributed by atoms with Gasteiger partial charge in [0.05, 0.1) is 7.05 Å². The third kappa shape index (κ3) is 4.05. The van der Waals surface area contributed by atoms with Gasteiger partial charge in [-0.2, -0.15) is 16.6 Å². The molecule has 8 heteroatoms. The second kappa shape index (κ2) is 7.65. The third-order valence-corrected chi connectivity index (χ3v) is 4.89. The molecule has 1 aliphatic rings. The van der Waals surface area contributed by atoms with Crippen LogP contribution in [0.4, 0.5) is 10.5 Å². The minimum atomic E-state index is -0.0370. The van der Waals surface area contributed by atoms with Crippen LogP contribution < -0.4 is 5.32 Å². The number of hydrogen-bond acceptors (Lipinski definition) is 5. The second-order valence-electron chi connectivity index (χ2n) is 6.02. The van der Waals surface area contributed by atoms with Gasteiger partial charge in [-0.1, -0.05) is 12.1 Å². The SMILES string of the molecule is CSC[C@@H]1CCCN(C(=O)Nc2cccc(-c3nnn(C)n3)c2)C1. The monoisotopic (exact) mass is 346 g/mol. The van der Waals surface area contributed by atoms with Crippen molar-refractivity contribution < 1.29 is 4.79 Å². The molecule has 2 amide bonds. The normalized spacial score (nSPS) is 17.8. The molecule has 2 aromatic rings. The van der Waals surface area contributed by atoms with Gasteiger partial charge in [0.25, 0.3) is 0 Å². The van der Waals surface area contributed by atoms with E-state index in [1.807, 2.05) is 40.9 Å². The first-order valence-corrected chi connectivity index (χ1v) is 9.44. The molecule has 1 fully saturated rings. The van der Waals surface area contributed by atoms with Gasteiger partial charge in [0.1, 0.15) is 0 Å². The Morgan fingerprint density at radius 3 is 3.08 bits per heavy atom. The van der Waals surface area contributed by atoms with Gasteiger partial charge in [-0.05, 0) is 48.1 Å². The number of anilines is 1. The number of piperidine rings is 1. The summed E-state index contributed by atoms with van der Waals surface area (Å²) in [6, 6.07) is 7.50. The average Bonchev–Trinajstić information content (AvgIpc) is 3.02. The number of thioether (sulfide) groups is 1. The Hall–Kier alpha value is -2.09. The smallest absolute Gasteiger partial charge is 0.321 e. The summed E-state index contributed by atoms with van der Waals surface area (Å²) in [5.41, 5.74) is 1.58. The Bertz CT molecular complexity index is 701. The number of carbonyl (C=O) groups is 1. The predicted molar refractivity (Wildman–Crippen MR) is 95.9 cm³/mol. The van der Waals surface area contributed by atoms with Crippen LogP contribution in [0, 0.1) is 5.92 Å². The van der Waals surface area contributed by atoms with Crippen molar-refractivity contribution in [3.05, 3.63) is 24.3 Å². The zero-order valence-electron chi connectivity index (χ0n) is 14.0. The van der Waals surface area contributed by atoms with E-state index in [2.05, 4.69) is 27.0 Å². The van der Waals surface area contributed by atoms with Gasteiger partial charge in [0.2, 0.25) is 5.82 Å². The van der Waals surface area contributed by atoms with E-state index in [4.69, 9.17) is 0 Å². The van der Waals surface area contributed by atoms with E-state index in [9.17, 15) is 4.79 Å². The summed E-state index contributed by atoms with van der Waals surface area (Å²) in [6.07, 6.45) is 4.39. The summed E-state index contributed by atoms with van der Waals surface area (Å²) < 4.78 is 0. The molecule has 0 unspecified atom stereocenters. The van der Waals surface area contributed by atoms with Crippen LogP contribution in [0.15, 0.2) is 24.3 Å². The molecule has 0 saturated carbocycles. The van der Waals surface area contributed by atoms with E-state index < -0.39 is 0 Å². The molecule has 0 bridgehead atoms. The standard InChI is InChI=1S/C16H22N6OS/c1-21-19-15(18-20-21)13-6-3-7-14(9-13)17-16(23)22-8-4-5-12(10-22)11-24-2/h3,6-7,9,12H,4-5,8,10-11H2,1-2H3,(H,17,23)/t12-/m1/s1.